The van der Waals surface area contributed by atoms with Crippen LogP contribution < -0.4 is 0 Å². The summed E-state index contributed by atoms with van der Waals surface area (Å²) in [5.74, 6) is 0.0389. The predicted octanol–water partition coefficient (Wildman–Crippen LogP) is 2.98. The summed E-state index contributed by atoms with van der Waals surface area (Å²) >= 11 is 0. The lowest BCUT2D eigenvalue weighted by molar-refractivity contribution is -0.251. The summed E-state index contributed by atoms with van der Waals surface area (Å²) in [6, 6.07) is 0. The fraction of sp³-hybridized carbons (Fsp3) is 1.00. The van der Waals surface area contributed by atoms with Crippen LogP contribution in [0, 0.1) is 23.2 Å². The van der Waals surface area contributed by atoms with Gasteiger partial charge in [0, 0.05) is 0 Å². The largest absolute Gasteiger partial charge is 0.414 e. The summed E-state index contributed by atoms with van der Waals surface area (Å²) in [5.41, 5.74) is -0.00481. The summed E-state index contributed by atoms with van der Waals surface area (Å²) in [6.07, 6.45) is -4.35. The first-order chi connectivity index (χ1) is 6.74. The third-order valence-electron chi connectivity index (χ3n) is 4.65. The lowest BCUT2D eigenvalue weighted by Gasteiger charge is -2.61. The van der Waals surface area contributed by atoms with E-state index in [2.05, 4.69) is 0 Å². The van der Waals surface area contributed by atoms with Crippen molar-refractivity contribution in [2.24, 2.45) is 23.2 Å². The van der Waals surface area contributed by atoms with E-state index in [9.17, 15) is 18.3 Å². The van der Waals surface area contributed by atoms with Crippen molar-refractivity contribution in [2.45, 2.75) is 45.4 Å². The lowest BCUT2D eigenvalue weighted by Crippen LogP contribution is -2.57. The van der Waals surface area contributed by atoms with E-state index in [1.165, 1.54) is 0 Å². The minimum atomic E-state index is -4.46. The topological polar surface area (TPSA) is 20.2 Å². The van der Waals surface area contributed by atoms with Crippen molar-refractivity contribution in [3.63, 3.8) is 0 Å². The molecule has 1 unspecified atom stereocenters. The highest BCUT2D eigenvalue weighted by Gasteiger charge is 2.59. The van der Waals surface area contributed by atoms with Gasteiger partial charge < -0.3 is 5.11 Å². The molecule has 0 aromatic carbocycles. The monoisotopic (exact) mass is 222 g/mol. The van der Waals surface area contributed by atoms with Crippen molar-refractivity contribution < 1.29 is 18.3 Å². The van der Waals surface area contributed by atoms with Gasteiger partial charge in [-0.3, -0.25) is 0 Å². The molecule has 3 rings (SSSR count). The van der Waals surface area contributed by atoms with E-state index >= 15 is 0 Å². The van der Waals surface area contributed by atoms with E-state index in [0.29, 0.717) is 12.3 Å². The molecule has 0 aromatic rings. The van der Waals surface area contributed by atoms with Crippen LogP contribution in [0.15, 0.2) is 0 Å². The minimum absolute atomic E-state index is 0.00481. The SMILES string of the molecule is CC1(C)[C@H]2CCC([C@@H](O)C(F)(F)F)[C@@H]1C2. The number of fused-ring (bicyclic) bond motifs is 2. The Balaban J connectivity index is 2.11. The third kappa shape index (κ3) is 1.57. The molecule has 3 aliphatic carbocycles. The molecule has 0 spiro atoms. The van der Waals surface area contributed by atoms with Gasteiger partial charge in [0.25, 0.3) is 0 Å². The van der Waals surface area contributed by atoms with Crippen molar-refractivity contribution >= 4 is 0 Å². The molecule has 3 saturated carbocycles. The fourth-order valence-corrected chi connectivity index (χ4v) is 3.49. The second-order valence-electron chi connectivity index (χ2n) is 5.59. The molecule has 88 valence electrons. The number of alkyl halides is 3. The zero-order valence-corrected chi connectivity index (χ0v) is 9.01. The summed E-state index contributed by atoms with van der Waals surface area (Å²) in [6.45, 7) is 4.06. The van der Waals surface area contributed by atoms with Gasteiger partial charge in [0.2, 0.25) is 0 Å². The van der Waals surface area contributed by atoms with Gasteiger partial charge in [-0.05, 0) is 42.4 Å². The van der Waals surface area contributed by atoms with Gasteiger partial charge in [-0.2, -0.15) is 13.2 Å². The Morgan fingerprint density at radius 1 is 1.27 bits per heavy atom. The molecule has 0 saturated heterocycles. The van der Waals surface area contributed by atoms with Crippen molar-refractivity contribution in [2.75, 3.05) is 0 Å². The van der Waals surface area contributed by atoms with Gasteiger partial charge in [0.15, 0.2) is 6.10 Å². The Bertz CT molecular complexity index is 255. The summed E-state index contributed by atoms with van der Waals surface area (Å²) in [7, 11) is 0. The third-order valence-corrected chi connectivity index (χ3v) is 4.65. The predicted molar refractivity (Wildman–Crippen MR) is 50.2 cm³/mol. The van der Waals surface area contributed by atoms with E-state index in [1.54, 1.807) is 0 Å². The van der Waals surface area contributed by atoms with Crippen LogP contribution in [0.4, 0.5) is 13.2 Å². The minimum Gasteiger partial charge on any atom is -0.383 e. The molecule has 3 fully saturated rings. The van der Waals surface area contributed by atoms with E-state index in [4.69, 9.17) is 0 Å². The maximum Gasteiger partial charge on any atom is 0.414 e. The van der Waals surface area contributed by atoms with Gasteiger partial charge in [-0.1, -0.05) is 13.8 Å². The maximum atomic E-state index is 12.4. The van der Waals surface area contributed by atoms with Crippen LogP contribution in [0.1, 0.15) is 33.1 Å². The normalized spacial score (nSPS) is 40.8. The van der Waals surface area contributed by atoms with Crippen LogP contribution in [-0.4, -0.2) is 17.4 Å². The van der Waals surface area contributed by atoms with Gasteiger partial charge in [0.1, 0.15) is 0 Å². The van der Waals surface area contributed by atoms with Gasteiger partial charge in [-0.15, -0.1) is 0 Å². The summed E-state index contributed by atoms with van der Waals surface area (Å²) in [4.78, 5) is 0. The second kappa shape index (κ2) is 3.12. The zero-order valence-electron chi connectivity index (χ0n) is 9.01. The number of aliphatic hydroxyl groups is 1. The van der Waals surface area contributed by atoms with E-state index in [0.717, 1.165) is 12.8 Å². The standard InChI is InChI=1S/C11H17F3O/c1-10(2)6-3-4-7(8(10)5-6)9(15)11(12,13)14/h6-9,15H,3-5H2,1-2H3/t6-,7?,8-,9+/m0/s1. The smallest absolute Gasteiger partial charge is 0.383 e. The van der Waals surface area contributed by atoms with E-state index in [-0.39, 0.29) is 11.3 Å². The first-order valence-corrected chi connectivity index (χ1v) is 5.49. The Morgan fingerprint density at radius 2 is 1.87 bits per heavy atom. The van der Waals surface area contributed by atoms with Crippen LogP contribution in [-0.2, 0) is 0 Å². The molecule has 4 atom stereocenters. The van der Waals surface area contributed by atoms with Crippen LogP contribution >= 0.6 is 0 Å². The summed E-state index contributed by atoms with van der Waals surface area (Å²) in [5, 5.41) is 9.31. The molecule has 0 aromatic heterocycles. The molecule has 1 nitrogen and oxygen atoms in total. The molecular formula is C11H17F3O. The Kier molecular flexibility index (Phi) is 2.34. The Labute approximate surface area is 87.7 Å². The molecule has 3 aliphatic rings. The van der Waals surface area contributed by atoms with E-state index < -0.39 is 18.2 Å². The summed E-state index contributed by atoms with van der Waals surface area (Å²) < 4.78 is 37.3. The van der Waals surface area contributed by atoms with Crippen LogP contribution in [0.5, 0.6) is 0 Å². The molecule has 0 amide bonds. The van der Waals surface area contributed by atoms with Gasteiger partial charge in [-0.25, -0.2) is 0 Å². The number of halogens is 3. The van der Waals surface area contributed by atoms with Crippen molar-refractivity contribution in [3.05, 3.63) is 0 Å². The van der Waals surface area contributed by atoms with E-state index in [1.807, 2.05) is 13.8 Å². The molecule has 15 heavy (non-hydrogen) atoms. The Hall–Kier alpha value is -0.250. The number of rotatable bonds is 1. The highest BCUT2D eigenvalue weighted by atomic mass is 19.4. The average Bonchev–Trinajstić information content (AvgIpc) is 2.15. The molecule has 2 bridgehead atoms. The first-order valence-electron chi connectivity index (χ1n) is 5.49. The van der Waals surface area contributed by atoms with Crippen molar-refractivity contribution in [3.8, 4) is 0 Å². The lowest BCUT2D eigenvalue weighted by atomic mass is 9.45. The average molecular weight is 222 g/mol. The Morgan fingerprint density at radius 3 is 2.27 bits per heavy atom. The number of aliphatic hydroxyl groups excluding tert-OH is 1. The zero-order chi connectivity index (χ0) is 11.4. The molecule has 0 heterocycles. The highest BCUT2D eigenvalue weighted by Crippen LogP contribution is 2.62. The van der Waals surface area contributed by atoms with Gasteiger partial charge in [0.05, 0.1) is 0 Å². The molecule has 1 N–H and O–H groups in total. The number of hydrogen-bond donors (Lipinski definition) is 1. The van der Waals surface area contributed by atoms with Gasteiger partial charge >= 0.3 is 6.18 Å². The van der Waals surface area contributed by atoms with Crippen molar-refractivity contribution in [1.82, 2.24) is 0 Å². The van der Waals surface area contributed by atoms with Crippen LogP contribution in [0.25, 0.3) is 0 Å². The quantitative estimate of drug-likeness (QED) is 0.723. The molecule has 0 aliphatic heterocycles. The fourth-order valence-electron chi connectivity index (χ4n) is 3.49. The maximum absolute atomic E-state index is 12.4. The molecular weight excluding hydrogens is 205 g/mol. The van der Waals surface area contributed by atoms with Crippen molar-refractivity contribution in [1.29, 1.82) is 0 Å². The molecule has 4 heteroatoms. The molecule has 0 radical (unpaired) electrons. The highest BCUT2D eigenvalue weighted by molar-refractivity contribution is 5.05. The first kappa shape index (κ1) is 11.2. The van der Waals surface area contributed by atoms with Crippen LogP contribution in [0.3, 0.4) is 0 Å². The second-order valence-corrected chi connectivity index (χ2v) is 5.59. The number of hydrogen-bond acceptors (Lipinski definition) is 1. The van der Waals surface area contributed by atoms with Crippen LogP contribution in [0.2, 0.25) is 0 Å².